The van der Waals surface area contributed by atoms with E-state index in [-0.39, 0.29) is 17.3 Å². The Morgan fingerprint density at radius 2 is 2.00 bits per heavy atom. The van der Waals surface area contributed by atoms with E-state index in [1.807, 2.05) is 13.8 Å². The molecule has 0 fully saturated rings. The van der Waals surface area contributed by atoms with Gasteiger partial charge >= 0.3 is 0 Å². The summed E-state index contributed by atoms with van der Waals surface area (Å²) in [5.74, 6) is -0.550. The first-order chi connectivity index (χ1) is 9.85. The summed E-state index contributed by atoms with van der Waals surface area (Å²) in [6.45, 7) is 5.09. The van der Waals surface area contributed by atoms with Crippen LogP contribution in [0.1, 0.15) is 39.2 Å². The molecular weight excluding hydrogens is 274 g/mol. The summed E-state index contributed by atoms with van der Waals surface area (Å²) in [5.41, 5.74) is 0.343. The molecule has 2 N–H and O–H groups in total. The van der Waals surface area contributed by atoms with Gasteiger partial charge in [-0.3, -0.25) is 19.7 Å². The molecule has 2 amide bonds. The van der Waals surface area contributed by atoms with Crippen molar-refractivity contribution in [3.63, 3.8) is 0 Å². The molecule has 0 saturated carbocycles. The number of nitro benzene ring substituents is 1. The molecule has 21 heavy (non-hydrogen) atoms. The van der Waals surface area contributed by atoms with Crippen LogP contribution in [0.15, 0.2) is 12.1 Å². The molecule has 2 rings (SSSR count). The van der Waals surface area contributed by atoms with Crippen molar-refractivity contribution >= 4 is 28.9 Å². The predicted molar refractivity (Wildman–Crippen MR) is 78.3 cm³/mol. The molecule has 1 aliphatic rings. The molecule has 1 aliphatic heterocycles. The Bertz CT molecular complexity index is 635. The topological polar surface area (TPSA) is 101 Å². The Morgan fingerprint density at radius 3 is 2.48 bits per heavy atom. The zero-order valence-corrected chi connectivity index (χ0v) is 12.1. The van der Waals surface area contributed by atoms with Gasteiger partial charge in [-0.25, -0.2) is 0 Å². The van der Waals surface area contributed by atoms with E-state index in [0.29, 0.717) is 24.1 Å². The van der Waals surface area contributed by atoms with Crippen molar-refractivity contribution in [2.45, 2.75) is 39.0 Å². The first kappa shape index (κ1) is 15.0. The lowest BCUT2D eigenvalue weighted by atomic mass is 9.77. The molecular formula is C14H17N3O4. The maximum absolute atomic E-state index is 12.3. The van der Waals surface area contributed by atoms with Crippen molar-refractivity contribution in [3.05, 3.63) is 27.8 Å². The first-order valence-corrected chi connectivity index (χ1v) is 6.77. The van der Waals surface area contributed by atoms with Crippen LogP contribution in [0, 0.1) is 10.1 Å². The second-order valence-electron chi connectivity index (χ2n) is 5.10. The van der Waals surface area contributed by atoms with Crippen LogP contribution in [-0.4, -0.2) is 16.7 Å². The quantitative estimate of drug-likeness (QED) is 0.657. The van der Waals surface area contributed by atoms with Gasteiger partial charge in [0.1, 0.15) is 5.69 Å². The van der Waals surface area contributed by atoms with E-state index in [2.05, 4.69) is 10.6 Å². The van der Waals surface area contributed by atoms with E-state index in [9.17, 15) is 19.7 Å². The molecule has 1 aromatic rings. The van der Waals surface area contributed by atoms with E-state index < -0.39 is 16.2 Å². The molecule has 0 unspecified atom stereocenters. The van der Waals surface area contributed by atoms with Crippen LogP contribution in [0.4, 0.5) is 17.1 Å². The highest BCUT2D eigenvalue weighted by Crippen LogP contribution is 2.46. The molecule has 0 radical (unpaired) electrons. The number of rotatable bonds is 4. The van der Waals surface area contributed by atoms with E-state index in [1.54, 1.807) is 6.07 Å². The minimum atomic E-state index is -0.697. The number of carbonyl (C=O) groups excluding carboxylic acids is 2. The molecule has 7 nitrogen and oxygen atoms in total. The average Bonchev–Trinajstić information content (AvgIpc) is 2.68. The number of nitrogens with zero attached hydrogens (tertiary/aromatic N) is 1. The van der Waals surface area contributed by atoms with Crippen molar-refractivity contribution in [2.75, 3.05) is 10.6 Å². The predicted octanol–water partition coefficient (Wildman–Crippen LogP) is 2.56. The van der Waals surface area contributed by atoms with E-state index >= 15 is 0 Å². The molecule has 1 heterocycles. The van der Waals surface area contributed by atoms with Gasteiger partial charge in [-0.15, -0.1) is 0 Å². The number of carbonyl (C=O) groups is 2. The van der Waals surface area contributed by atoms with Crippen LogP contribution < -0.4 is 10.6 Å². The van der Waals surface area contributed by atoms with Gasteiger partial charge in [0.25, 0.3) is 5.69 Å². The third kappa shape index (κ3) is 2.24. The number of hydrogen-bond acceptors (Lipinski definition) is 4. The Balaban J connectivity index is 2.66. The fraction of sp³-hybridized carbons (Fsp3) is 0.429. The summed E-state index contributed by atoms with van der Waals surface area (Å²) in [5, 5.41) is 16.3. The lowest BCUT2D eigenvalue weighted by Gasteiger charge is -2.24. The second-order valence-corrected chi connectivity index (χ2v) is 5.10. The fourth-order valence-electron chi connectivity index (χ4n) is 2.84. The number of amides is 2. The van der Waals surface area contributed by atoms with E-state index in [0.717, 1.165) is 0 Å². The van der Waals surface area contributed by atoms with Crippen LogP contribution in [0.3, 0.4) is 0 Å². The SMILES string of the molecule is CCC1(CC)C(=O)Nc2cc([N+](=O)[O-])c(NC(C)=O)cc21. The van der Waals surface area contributed by atoms with Gasteiger partial charge in [0.15, 0.2) is 0 Å². The van der Waals surface area contributed by atoms with Gasteiger partial charge in [0.05, 0.1) is 16.0 Å². The summed E-state index contributed by atoms with van der Waals surface area (Å²) >= 11 is 0. The van der Waals surface area contributed by atoms with Gasteiger partial charge in [-0.05, 0) is 24.5 Å². The third-order valence-corrected chi connectivity index (χ3v) is 4.05. The first-order valence-electron chi connectivity index (χ1n) is 6.77. The number of nitro groups is 1. The number of hydrogen-bond donors (Lipinski definition) is 2. The Kier molecular flexibility index (Phi) is 3.67. The standard InChI is InChI=1S/C14H17N3O4/c1-4-14(5-2)9-6-11(15-8(3)18)12(17(20)21)7-10(9)16-13(14)19/h6-7H,4-5H2,1-3H3,(H,15,18)(H,16,19). The van der Waals surface area contributed by atoms with Crippen LogP contribution in [0.25, 0.3) is 0 Å². The third-order valence-electron chi connectivity index (χ3n) is 4.05. The summed E-state index contributed by atoms with van der Waals surface area (Å²) in [6.07, 6.45) is 1.17. The normalized spacial score (nSPS) is 15.3. The van der Waals surface area contributed by atoms with Crippen LogP contribution in [0.5, 0.6) is 0 Å². The number of nitrogens with one attached hydrogen (secondary N) is 2. The number of benzene rings is 1. The highest BCUT2D eigenvalue weighted by atomic mass is 16.6. The molecule has 0 atom stereocenters. The Labute approximate surface area is 121 Å². The number of anilines is 2. The minimum Gasteiger partial charge on any atom is -0.325 e. The van der Waals surface area contributed by atoms with Gasteiger partial charge < -0.3 is 10.6 Å². The molecule has 112 valence electrons. The molecule has 7 heteroatoms. The zero-order valence-electron chi connectivity index (χ0n) is 12.1. The van der Waals surface area contributed by atoms with Crippen LogP contribution >= 0.6 is 0 Å². The van der Waals surface area contributed by atoms with E-state index in [1.165, 1.54) is 13.0 Å². The Hall–Kier alpha value is -2.44. The highest BCUT2D eigenvalue weighted by molar-refractivity contribution is 6.07. The lowest BCUT2D eigenvalue weighted by Crippen LogP contribution is -2.32. The Morgan fingerprint density at radius 1 is 1.38 bits per heavy atom. The monoisotopic (exact) mass is 291 g/mol. The largest absolute Gasteiger partial charge is 0.325 e. The van der Waals surface area contributed by atoms with Gasteiger partial charge in [0, 0.05) is 13.0 Å². The van der Waals surface area contributed by atoms with Gasteiger partial charge in [0.2, 0.25) is 11.8 Å². The fourth-order valence-corrected chi connectivity index (χ4v) is 2.84. The van der Waals surface area contributed by atoms with Crippen molar-refractivity contribution in [2.24, 2.45) is 0 Å². The van der Waals surface area contributed by atoms with Crippen molar-refractivity contribution in [1.82, 2.24) is 0 Å². The molecule has 0 aliphatic carbocycles. The molecule has 0 bridgehead atoms. The van der Waals surface area contributed by atoms with Gasteiger partial charge in [-0.1, -0.05) is 13.8 Å². The number of fused-ring (bicyclic) bond motifs is 1. The summed E-state index contributed by atoms with van der Waals surface area (Å²) < 4.78 is 0. The highest BCUT2D eigenvalue weighted by Gasteiger charge is 2.45. The maximum atomic E-state index is 12.3. The summed E-state index contributed by atoms with van der Waals surface area (Å²) in [6, 6.07) is 2.85. The zero-order chi connectivity index (χ0) is 15.8. The van der Waals surface area contributed by atoms with Crippen molar-refractivity contribution in [3.8, 4) is 0 Å². The summed E-state index contributed by atoms with van der Waals surface area (Å²) in [7, 11) is 0. The second kappa shape index (κ2) is 5.16. The summed E-state index contributed by atoms with van der Waals surface area (Å²) in [4.78, 5) is 34.1. The molecule has 1 aromatic carbocycles. The van der Waals surface area contributed by atoms with Crippen molar-refractivity contribution < 1.29 is 14.5 Å². The molecule has 0 spiro atoms. The van der Waals surface area contributed by atoms with E-state index in [4.69, 9.17) is 0 Å². The minimum absolute atomic E-state index is 0.119. The maximum Gasteiger partial charge on any atom is 0.294 e. The molecule has 0 aromatic heterocycles. The van der Waals surface area contributed by atoms with Gasteiger partial charge in [-0.2, -0.15) is 0 Å². The van der Waals surface area contributed by atoms with Crippen LogP contribution in [0.2, 0.25) is 0 Å². The molecule has 0 saturated heterocycles. The lowest BCUT2D eigenvalue weighted by molar-refractivity contribution is -0.383. The smallest absolute Gasteiger partial charge is 0.294 e. The average molecular weight is 291 g/mol. The van der Waals surface area contributed by atoms with Crippen molar-refractivity contribution in [1.29, 1.82) is 0 Å². The van der Waals surface area contributed by atoms with Crippen LogP contribution in [-0.2, 0) is 15.0 Å².